The van der Waals surface area contributed by atoms with Crippen LogP contribution in [0.15, 0.2) is 48.5 Å². The summed E-state index contributed by atoms with van der Waals surface area (Å²) in [6.45, 7) is 5.62. The maximum atomic E-state index is 12.7. The average molecular weight is 419 g/mol. The number of hydrogen-bond acceptors (Lipinski definition) is 5. The van der Waals surface area contributed by atoms with E-state index < -0.39 is 16.1 Å². The third kappa shape index (κ3) is 5.00. The van der Waals surface area contributed by atoms with Crippen LogP contribution in [-0.4, -0.2) is 45.4 Å². The third-order valence-electron chi connectivity index (χ3n) is 4.64. The zero-order valence-electron chi connectivity index (χ0n) is 16.8. The van der Waals surface area contributed by atoms with Gasteiger partial charge in [0, 0.05) is 0 Å². The summed E-state index contributed by atoms with van der Waals surface area (Å²) in [7, 11) is -3.53. The van der Waals surface area contributed by atoms with E-state index in [0.29, 0.717) is 11.4 Å². The van der Waals surface area contributed by atoms with Gasteiger partial charge in [-0.15, -0.1) is 0 Å². The molecule has 0 unspecified atom stereocenters. The zero-order valence-corrected chi connectivity index (χ0v) is 17.6. The van der Waals surface area contributed by atoms with Crippen LogP contribution in [0.5, 0.6) is 11.5 Å². The molecule has 7 nitrogen and oxygen atoms in total. The molecule has 0 bridgehead atoms. The van der Waals surface area contributed by atoms with E-state index in [4.69, 9.17) is 9.47 Å². The summed E-state index contributed by atoms with van der Waals surface area (Å²) in [6.07, 6.45) is -0.937. The molecule has 1 aliphatic heterocycles. The van der Waals surface area contributed by atoms with Crippen LogP contribution in [0.25, 0.3) is 0 Å². The number of amides is 1. The van der Waals surface area contributed by atoms with E-state index in [1.165, 1.54) is 4.31 Å². The number of nitrogens with zero attached hydrogens (tertiary/aromatic N) is 1. The predicted octanol–water partition coefficient (Wildman–Crippen LogP) is 2.50. The Morgan fingerprint density at radius 2 is 1.93 bits per heavy atom. The Bertz CT molecular complexity index is 959. The monoisotopic (exact) mass is 418 g/mol. The smallest absolute Gasteiger partial charge is 0.263 e. The summed E-state index contributed by atoms with van der Waals surface area (Å²) in [5, 5.41) is 2.84. The summed E-state index contributed by atoms with van der Waals surface area (Å²) in [4.78, 5) is 12.7. The maximum absolute atomic E-state index is 12.7. The van der Waals surface area contributed by atoms with Crippen molar-refractivity contribution in [2.24, 2.45) is 0 Å². The first-order valence-corrected chi connectivity index (χ1v) is 11.2. The van der Waals surface area contributed by atoms with Crippen molar-refractivity contribution < 1.29 is 22.7 Å². The molecule has 0 saturated heterocycles. The van der Waals surface area contributed by atoms with Crippen molar-refractivity contribution in [3.05, 3.63) is 54.1 Å². The molecular weight excluding hydrogens is 392 g/mol. The fraction of sp³-hybridized carbons (Fsp3) is 0.381. The number of anilines is 1. The lowest BCUT2D eigenvalue weighted by Gasteiger charge is -2.34. The Morgan fingerprint density at radius 3 is 2.62 bits per heavy atom. The van der Waals surface area contributed by atoms with Crippen LogP contribution in [-0.2, 0) is 14.8 Å². The molecule has 156 valence electrons. The van der Waals surface area contributed by atoms with Crippen LogP contribution in [0.3, 0.4) is 0 Å². The minimum Gasteiger partial charge on any atom is -0.491 e. The number of benzene rings is 2. The van der Waals surface area contributed by atoms with Gasteiger partial charge in [0.2, 0.25) is 10.0 Å². The van der Waals surface area contributed by atoms with Crippen molar-refractivity contribution in [2.45, 2.75) is 32.9 Å². The largest absolute Gasteiger partial charge is 0.491 e. The first-order chi connectivity index (χ1) is 13.8. The van der Waals surface area contributed by atoms with Crippen molar-refractivity contribution in [1.29, 1.82) is 0 Å². The molecule has 3 rings (SSSR count). The van der Waals surface area contributed by atoms with Crippen molar-refractivity contribution in [3.63, 3.8) is 0 Å². The van der Waals surface area contributed by atoms with E-state index in [2.05, 4.69) is 5.32 Å². The molecule has 0 aromatic heterocycles. The molecule has 0 spiro atoms. The van der Waals surface area contributed by atoms with Crippen molar-refractivity contribution in [3.8, 4) is 11.5 Å². The number of carbonyl (C=O) groups excluding carboxylic acids is 1. The van der Waals surface area contributed by atoms with Gasteiger partial charge in [0.25, 0.3) is 5.91 Å². The first-order valence-electron chi connectivity index (χ1n) is 9.56. The van der Waals surface area contributed by atoms with Crippen molar-refractivity contribution in [2.75, 3.05) is 23.2 Å². The molecule has 1 amide bonds. The minimum absolute atomic E-state index is 0.0591. The van der Waals surface area contributed by atoms with Gasteiger partial charge in [0.1, 0.15) is 18.1 Å². The number of rotatable bonds is 7. The topological polar surface area (TPSA) is 84.9 Å². The number of ether oxygens (including phenoxy) is 2. The maximum Gasteiger partial charge on any atom is 0.263 e. The molecule has 2 aromatic rings. The van der Waals surface area contributed by atoms with Gasteiger partial charge in [-0.3, -0.25) is 9.10 Å². The van der Waals surface area contributed by atoms with Crippen molar-refractivity contribution in [1.82, 2.24) is 5.32 Å². The molecular formula is C21H26N2O5S. The standard InChI is InChI=1S/C21H26N2O5S/c1-4-29(25,26)23-13-20(28-19-8-6-5-7-18(19)23)21(24)22-16(3)14-27-17-11-9-15(2)10-12-17/h5-12,16,20H,4,13-14H2,1-3H3,(H,22,24)/t16-,20+/m0/s1. The number of sulfonamides is 1. The minimum atomic E-state index is -3.53. The molecule has 1 N–H and O–H groups in total. The second-order valence-corrected chi connectivity index (χ2v) is 9.22. The van der Waals surface area contributed by atoms with Crippen LogP contribution < -0.4 is 19.1 Å². The van der Waals surface area contributed by atoms with Gasteiger partial charge in [0.15, 0.2) is 6.10 Å². The molecule has 8 heteroatoms. The Labute approximate surface area is 171 Å². The van der Waals surface area contributed by atoms with Gasteiger partial charge in [-0.2, -0.15) is 0 Å². The van der Waals surface area contributed by atoms with Crippen LogP contribution in [0, 0.1) is 6.92 Å². The summed E-state index contributed by atoms with van der Waals surface area (Å²) in [5.74, 6) is 0.659. The second-order valence-electron chi connectivity index (χ2n) is 7.04. The fourth-order valence-electron chi connectivity index (χ4n) is 2.99. The highest BCUT2D eigenvalue weighted by Crippen LogP contribution is 2.35. The Morgan fingerprint density at radius 1 is 1.24 bits per heavy atom. The van der Waals surface area contributed by atoms with Crippen LogP contribution >= 0.6 is 0 Å². The predicted molar refractivity (Wildman–Crippen MR) is 112 cm³/mol. The van der Waals surface area contributed by atoms with E-state index in [-0.39, 0.29) is 30.9 Å². The Hall–Kier alpha value is -2.74. The summed E-state index contributed by atoms with van der Waals surface area (Å²) >= 11 is 0. The molecule has 0 saturated carbocycles. The van der Waals surface area contributed by atoms with Gasteiger partial charge >= 0.3 is 0 Å². The third-order valence-corrected chi connectivity index (χ3v) is 6.38. The number of hydrogen-bond donors (Lipinski definition) is 1. The van der Waals surface area contributed by atoms with Gasteiger partial charge in [-0.25, -0.2) is 8.42 Å². The Kier molecular flexibility index (Phi) is 6.32. The fourth-order valence-corrected chi connectivity index (χ4v) is 4.12. The molecule has 2 aromatic carbocycles. The van der Waals surface area contributed by atoms with E-state index in [0.717, 1.165) is 11.3 Å². The Balaban J connectivity index is 1.65. The number of fused-ring (bicyclic) bond motifs is 1. The van der Waals surface area contributed by atoms with E-state index in [1.807, 2.05) is 38.1 Å². The quantitative estimate of drug-likeness (QED) is 0.747. The highest BCUT2D eigenvalue weighted by Gasteiger charge is 2.36. The number of para-hydroxylation sites is 2. The average Bonchev–Trinajstić information content (AvgIpc) is 2.72. The van der Waals surface area contributed by atoms with Gasteiger partial charge in [-0.05, 0) is 45.0 Å². The molecule has 0 aliphatic carbocycles. The molecule has 0 radical (unpaired) electrons. The molecule has 1 heterocycles. The van der Waals surface area contributed by atoms with E-state index in [1.54, 1.807) is 31.2 Å². The molecule has 2 atom stereocenters. The van der Waals surface area contributed by atoms with Crippen LogP contribution in [0.4, 0.5) is 5.69 Å². The van der Waals surface area contributed by atoms with Gasteiger partial charge in [0.05, 0.1) is 24.0 Å². The lowest BCUT2D eigenvalue weighted by atomic mass is 10.2. The second kappa shape index (κ2) is 8.73. The number of nitrogens with one attached hydrogen (secondary N) is 1. The molecule has 1 aliphatic rings. The number of aryl methyl sites for hydroxylation is 1. The summed E-state index contributed by atoms with van der Waals surface area (Å²) in [6, 6.07) is 14.2. The van der Waals surface area contributed by atoms with E-state index >= 15 is 0 Å². The lowest BCUT2D eigenvalue weighted by molar-refractivity contribution is -0.128. The highest BCUT2D eigenvalue weighted by molar-refractivity contribution is 7.92. The summed E-state index contributed by atoms with van der Waals surface area (Å²) < 4.78 is 37.8. The van der Waals surface area contributed by atoms with Crippen LogP contribution in [0.1, 0.15) is 19.4 Å². The molecule has 0 fully saturated rings. The van der Waals surface area contributed by atoms with Gasteiger partial charge < -0.3 is 14.8 Å². The lowest BCUT2D eigenvalue weighted by Crippen LogP contribution is -2.53. The summed E-state index contributed by atoms with van der Waals surface area (Å²) in [5.41, 5.74) is 1.59. The SMILES string of the molecule is CCS(=O)(=O)N1C[C@H](C(=O)N[C@@H](C)COc2ccc(C)cc2)Oc2ccccc21. The number of carbonyl (C=O) groups is 1. The van der Waals surface area contributed by atoms with E-state index in [9.17, 15) is 13.2 Å². The van der Waals surface area contributed by atoms with Crippen LogP contribution in [0.2, 0.25) is 0 Å². The highest BCUT2D eigenvalue weighted by atomic mass is 32.2. The van der Waals surface area contributed by atoms with Gasteiger partial charge in [-0.1, -0.05) is 29.8 Å². The first kappa shape index (κ1) is 21.0. The molecule has 29 heavy (non-hydrogen) atoms. The normalized spacial score (nSPS) is 17.1. The van der Waals surface area contributed by atoms with Crippen molar-refractivity contribution >= 4 is 21.6 Å². The zero-order chi connectivity index (χ0) is 21.0.